The Morgan fingerprint density at radius 1 is 1.09 bits per heavy atom. The molecule has 184 valence electrons. The quantitative estimate of drug-likeness (QED) is 0.392. The number of sulfonamides is 1. The molecule has 0 N–H and O–H groups in total. The predicted octanol–water partition coefficient (Wildman–Crippen LogP) is 2.73. The highest BCUT2D eigenvalue weighted by Crippen LogP contribution is 2.32. The van der Waals surface area contributed by atoms with E-state index < -0.39 is 14.9 Å². The highest BCUT2D eigenvalue weighted by molar-refractivity contribution is 7.89. The number of amides is 1. The summed E-state index contributed by atoms with van der Waals surface area (Å²) in [5.41, 5.74) is 1.56. The summed E-state index contributed by atoms with van der Waals surface area (Å²) in [7, 11) is -2.22. The second kappa shape index (κ2) is 10.9. The molecule has 0 radical (unpaired) electrons. The summed E-state index contributed by atoms with van der Waals surface area (Å²) in [6.07, 6.45) is 0. The van der Waals surface area contributed by atoms with Crippen LogP contribution in [0.5, 0.6) is 0 Å². The Bertz CT molecular complexity index is 1140. The Morgan fingerprint density at radius 3 is 2.35 bits per heavy atom. The van der Waals surface area contributed by atoms with Crippen LogP contribution in [0.2, 0.25) is 0 Å². The maximum Gasteiger partial charge on any atom is 0.293 e. The minimum atomic E-state index is -3.81. The lowest BCUT2D eigenvalue weighted by Crippen LogP contribution is -2.49. The zero-order chi connectivity index (χ0) is 24.9. The van der Waals surface area contributed by atoms with Gasteiger partial charge in [0, 0.05) is 58.0 Å². The van der Waals surface area contributed by atoms with Crippen LogP contribution in [-0.2, 0) is 21.4 Å². The zero-order valence-corrected chi connectivity index (χ0v) is 20.5. The molecule has 0 atom stereocenters. The van der Waals surface area contributed by atoms with Gasteiger partial charge in [0.1, 0.15) is 5.69 Å². The minimum Gasteiger partial charge on any atom is -0.380 e. The van der Waals surface area contributed by atoms with Crippen molar-refractivity contribution in [2.45, 2.75) is 25.3 Å². The van der Waals surface area contributed by atoms with E-state index in [1.165, 1.54) is 16.4 Å². The van der Waals surface area contributed by atoms with E-state index in [0.29, 0.717) is 44.0 Å². The molecule has 1 amide bonds. The zero-order valence-electron chi connectivity index (χ0n) is 19.6. The van der Waals surface area contributed by atoms with Crippen LogP contribution in [0.3, 0.4) is 0 Å². The van der Waals surface area contributed by atoms with Gasteiger partial charge in [0.15, 0.2) is 0 Å². The molecule has 34 heavy (non-hydrogen) atoms. The average Bonchev–Trinajstić information content (AvgIpc) is 2.84. The van der Waals surface area contributed by atoms with E-state index >= 15 is 0 Å². The van der Waals surface area contributed by atoms with Crippen LogP contribution in [0.15, 0.2) is 47.4 Å². The van der Waals surface area contributed by atoms with E-state index in [4.69, 9.17) is 4.74 Å². The number of benzene rings is 2. The summed E-state index contributed by atoms with van der Waals surface area (Å²) in [5.74, 6) is -0.104. The summed E-state index contributed by atoms with van der Waals surface area (Å²) in [5, 5.41) is 11.8. The van der Waals surface area contributed by atoms with Crippen molar-refractivity contribution < 1.29 is 22.9 Å². The third kappa shape index (κ3) is 5.37. The van der Waals surface area contributed by atoms with Gasteiger partial charge in [0.05, 0.1) is 16.4 Å². The van der Waals surface area contributed by atoms with Crippen LogP contribution in [-0.4, -0.2) is 74.8 Å². The van der Waals surface area contributed by atoms with Crippen molar-refractivity contribution in [1.82, 2.24) is 9.21 Å². The highest BCUT2D eigenvalue weighted by atomic mass is 32.2. The lowest BCUT2D eigenvalue weighted by atomic mass is 10.1. The molecule has 0 spiro atoms. The number of nitro benzene ring substituents is 1. The van der Waals surface area contributed by atoms with Gasteiger partial charge >= 0.3 is 0 Å². The normalized spacial score (nSPS) is 14.5. The first-order chi connectivity index (χ1) is 16.2. The monoisotopic (exact) mass is 490 g/mol. The van der Waals surface area contributed by atoms with Gasteiger partial charge in [-0.25, -0.2) is 8.42 Å². The average molecular weight is 491 g/mol. The molecule has 11 heteroatoms. The first kappa shape index (κ1) is 25.6. The van der Waals surface area contributed by atoms with Crippen molar-refractivity contribution >= 4 is 27.3 Å². The number of nitro groups is 1. The number of rotatable bonds is 9. The van der Waals surface area contributed by atoms with E-state index in [1.807, 2.05) is 17.0 Å². The van der Waals surface area contributed by atoms with Gasteiger partial charge in [-0.05, 0) is 29.8 Å². The van der Waals surface area contributed by atoms with Crippen LogP contribution < -0.4 is 4.90 Å². The molecule has 0 bridgehead atoms. The highest BCUT2D eigenvalue weighted by Gasteiger charge is 2.30. The predicted molar refractivity (Wildman–Crippen MR) is 128 cm³/mol. The number of hydrogen-bond acceptors (Lipinski definition) is 7. The van der Waals surface area contributed by atoms with E-state index in [0.717, 1.165) is 11.6 Å². The Hall–Kier alpha value is -3.02. The number of carbonyl (C=O) groups excluding carboxylic acids is 1. The standard InChI is InChI=1S/C23H30N4O6S/c1-4-26(5-2)34(31,32)20-9-10-21(22(16-20)27(29)30)24-11-13-25(14-12-24)23(28)19-8-6-7-18(15-19)17-33-3/h6-10,15-16H,4-5,11-14,17H2,1-3H3. The van der Waals surface area contributed by atoms with Crippen molar-refractivity contribution in [3.63, 3.8) is 0 Å². The van der Waals surface area contributed by atoms with Crippen molar-refractivity contribution in [3.05, 3.63) is 63.7 Å². The number of methoxy groups -OCH3 is 1. The summed E-state index contributed by atoms with van der Waals surface area (Å²) in [6.45, 7) is 5.99. The van der Waals surface area contributed by atoms with Crippen molar-refractivity contribution in [2.75, 3.05) is 51.3 Å². The lowest BCUT2D eigenvalue weighted by molar-refractivity contribution is -0.384. The van der Waals surface area contributed by atoms with Crippen LogP contribution in [0.4, 0.5) is 11.4 Å². The smallest absolute Gasteiger partial charge is 0.293 e. The van der Waals surface area contributed by atoms with Gasteiger partial charge < -0.3 is 14.5 Å². The molecule has 2 aromatic rings. The summed E-state index contributed by atoms with van der Waals surface area (Å²) >= 11 is 0. The van der Waals surface area contributed by atoms with Crippen molar-refractivity contribution in [3.8, 4) is 0 Å². The molecule has 1 aliphatic rings. The third-order valence-corrected chi connectivity index (χ3v) is 7.93. The first-order valence-electron chi connectivity index (χ1n) is 11.1. The second-order valence-electron chi connectivity index (χ2n) is 7.91. The Balaban J connectivity index is 1.78. The van der Waals surface area contributed by atoms with Crippen LogP contribution in [0.1, 0.15) is 29.8 Å². The lowest BCUT2D eigenvalue weighted by Gasteiger charge is -2.36. The molecule has 10 nitrogen and oxygen atoms in total. The first-order valence-corrected chi connectivity index (χ1v) is 12.6. The largest absolute Gasteiger partial charge is 0.380 e. The van der Waals surface area contributed by atoms with Gasteiger partial charge in [0.2, 0.25) is 10.0 Å². The number of piperazine rings is 1. The van der Waals surface area contributed by atoms with Gasteiger partial charge in [-0.1, -0.05) is 26.0 Å². The molecule has 0 saturated carbocycles. The molecular formula is C23H30N4O6S. The van der Waals surface area contributed by atoms with Gasteiger partial charge in [-0.3, -0.25) is 14.9 Å². The Labute approximate surface area is 199 Å². The summed E-state index contributed by atoms with van der Waals surface area (Å²) in [4.78, 5) is 27.6. The number of anilines is 1. The summed E-state index contributed by atoms with van der Waals surface area (Å²) in [6, 6.07) is 11.3. The SMILES string of the molecule is CCN(CC)S(=O)(=O)c1ccc(N2CCN(C(=O)c3cccc(COC)c3)CC2)c([N+](=O)[O-])c1. The fourth-order valence-corrected chi connectivity index (χ4v) is 5.56. The molecular weight excluding hydrogens is 460 g/mol. The van der Waals surface area contributed by atoms with E-state index in [2.05, 4.69) is 0 Å². The molecule has 1 fully saturated rings. The molecule has 2 aromatic carbocycles. The third-order valence-electron chi connectivity index (χ3n) is 5.88. The number of nitrogens with zero attached hydrogens (tertiary/aromatic N) is 4. The molecule has 1 aliphatic heterocycles. The Kier molecular flexibility index (Phi) is 8.24. The maximum absolute atomic E-state index is 12.9. The van der Waals surface area contributed by atoms with E-state index in [1.54, 1.807) is 38.0 Å². The van der Waals surface area contributed by atoms with Crippen LogP contribution >= 0.6 is 0 Å². The number of hydrogen-bond donors (Lipinski definition) is 0. The molecule has 0 unspecified atom stereocenters. The van der Waals surface area contributed by atoms with Crippen molar-refractivity contribution in [2.24, 2.45) is 0 Å². The van der Waals surface area contributed by atoms with Crippen LogP contribution in [0.25, 0.3) is 0 Å². The van der Waals surface area contributed by atoms with Crippen LogP contribution in [0, 0.1) is 10.1 Å². The fourth-order valence-electron chi connectivity index (χ4n) is 4.08. The Morgan fingerprint density at radius 2 is 1.76 bits per heavy atom. The number of carbonyl (C=O) groups is 1. The van der Waals surface area contributed by atoms with Gasteiger partial charge in [0.25, 0.3) is 11.6 Å². The van der Waals surface area contributed by atoms with Crippen molar-refractivity contribution in [1.29, 1.82) is 0 Å². The van der Waals surface area contributed by atoms with E-state index in [-0.39, 0.29) is 29.6 Å². The number of ether oxygens (including phenoxy) is 1. The maximum atomic E-state index is 12.9. The molecule has 3 rings (SSSR count). The molecule has 1 heterocycles. The second-order valence-corrected chi connectivity index (χ2v) is 9.85. The van der Waals surface area contributed by atoms with E-state index in [9.17, 15) is 23.3 Å². The van der Waals surface area contributed by atoms with Gasteiger partial charge in [-0.2, -0.15) is 4.31 Å². The molecule has 1 saturated heterocycles. The fraction of sp³-hybridized carbons (Fsp3) is 0.435. The van der Waals surface area contributed by atoms with Gasteiger partial charge in [-0.15, -0.1) is 0 Å². The summed E-state index contributed by atoms with van der Waals surface area (Å²) < 4.78 is 32.0. The molecule has 0 aromatic heterocycles. The minimum absolute atomic E-state index is 0.101. The topological polar surface area (TPSA) is 113 Å². The molecule has 0 aliphatic carbocycles.